The Labute approximate surface area is 568 Å². The summed E-state index contributed by atoms with van der Waals surface area (Å²) in [6.07, 6.45) is -1.46. The molecule has 6 saturated heterocycles. The highest BCUT2D eigenvalue weighted by molar-refractivity contribution is 6.03. The number of piperazine rings is 3. The summed E-state index contributed by atoms with van der Waals surface area (Å²) in [5.74, 6) is -9.36. The Hall–Kier alpha value is -7.59. The molecular formula is C60H99N15O18. The van der Waals surface area contributed by atoms with Crippen LogP contribution in [0.3, 0.4) is 0 Å². The van der Waals surface area contributed by atoms with E-state index in [1.165, 1.54) is 56.2 Å². The molecule has 6 N–H and O–H groups in total. The number of nitrogens with zero attached hydrogens (tertiary/aromatic N) is 9. The molecule has 6 heterocycles. The van der Waals surface area contributed by atoms with Gasteiger partial charge in [0.25, 0.3) is 35.4 Å². The van der Waals surface area contributed by atoms with Crippen molar-refractivity contribution in [2.45, 2.75) is 137 Å². The SMILES string of the molecule is [2H]C([2H])([2H])N1CCN(C([2H])([2H])[2H])C(C(C)(C)C(=O)NCCC(=O)[15NH]CC[13C](=O)ON2C(=O)CCC2=O)C1.[2H]C([2H])([2H])N1CCN([13C]([2H])([2H])[2H])CC1C(C)(C)C(=O)NCCC(=O)NCC[13C](=O)ON1C(=O)CCC1=O.[2H][13C]([2H])([2H])N1CCN([13C]([2H])([2H])[2H])C(C(C)(C)C(=O)NCCC(=O)NCCC(=O)ON2C(=O)CCC2=O)C1. The van der Waals surface area contributed by atoms with Gasteiger partial charge in [0.2, 0.25) is 35.4 Å². The first-order valence-electron chi connectivity index (χ1n) is 39.2. The molecule has 6 aliphatic rings. The molecule has 0 spiro atoms. The molecule has 0 aliphatic carbocycles. The van der Waals surface area contributed by atoms with Crippen LogP contribution in [0.2, 0.25) is 0 Å². The van der Waals surface area contributed by atoms with Gasteiger partial charge in [-0.3, -0.25) is 72.2 Å². The number of carbonyl (C=O) groups is 15. The van der Waals surface area contributed by atoms with E-state index < -0.39 is 165 Å². The number of likely N-dealkylation sites (N-methyl/N-ethyl adjacent to an activating group) is 6. The highest BCUT2D eigenvalue weighted by Crippen LogP contribution is 2.30. The molecule has 12 amide bonds. The Balaban J connectivity index is 0.000000351. The molecule has 33 heteroatoms. The predicted octanol–water partition coefficient (Wildman–Crippen LogP) is -3.37. The highest BCUT2D eigenvalue weighted by atomic mass is 16.8. The summed E-state index contributed by atoms with van der Waals surface area (Å²) in [6.45, 7) is -6.92. The second-order valence-electron chi connectivity index (χ2n) is 24.1. The number of carbonyl (C=O) groups excluding carboxylic acids is 15. The number of nitrogens with one attached hydrogen (secondary N) is 6. The molecule has 0 aromatic carbocycles. The normalized spacial score (nSPS) is 24.3. The molecule has 0 aromatic heterocycles. The lowest BCUT2D eigenvalue weighted by Crippen LogP contribution is -2.60. The largest absolute Gasteiger partial charge is 0.355 e. The maximum atomic E-state index is 13.0. The van der Waals surface area contributed by atoms with Crippen molar-refractivity contribution in [2.24, 2.45) is 16.2 Å². The molecule has 93 heavy (non-hydrogen) atoms. The van der Waals surface area contributed by atoms with Crippen molar-refractivity contribution in [3.63, 3.8) is 0 Å². The molecule has 33 nitrogen and oxygen atoms in total. The quantitative estimate of drug-likeness (QED) is 0.0266. The summed E-state index contributed by atoms with van der Waals surface area (Å²) in [7, 11) is 0. The van der Waals surface area contributed by atoms with E-state index in [1.807, 2.05) is 0 Å². The molecular weight excluding hydrogens is 1220 g/mol. The first-order valence-corrected chi connectivity index (χ1v) is 30.2. The third kappa shape index (κ3) is 24.0. The predicted molar refractivity (Wildman–Crippen MR) is 330 cm³/mol. The van der Waals surface area contributed by atoms with Crippen molar-refractivity contribution in [3.05, 3.63) is 0 Å². The van der Waals surface area contributed by atoms with Gasteiger partial charge in [-0.25, -0.2) is 14.4 Å². The third-order valence-corrected chi connectivity index (χ3v) is 15.9. The van der Waals surface area contributed by atoms with E-state index in [2.05, 4.69) is 31.9 Å². The van der Waals surface area contributed by atoms with Crippen LogP contribution in [0.25, 0.3) is 0 Å². The highest BCUT2D eigenvalue weighted by Gasteiger charge is 2.44. The Morgan fingerprint density at radius 2 is 0.581 bits per heavy atom. The minimum Gasteiger partial charge on any atom is -0.355 e. The fourth-order valence-electron chi connectivity index (χ4n) is 9.80. The molecule has 522 valence electrons. The van der Waals surface area contributed by atoms with Gasteiger partial charge in [-0.15, -0.1) is 15.2 Å². The Morgan fingerprint density at radius 1 is 0.355 bits per heavy atom. The third-order valence-electron chi connectivity index (χ3n) is 15.9. The van der Waals surface area contributed by atoms with Gasteiger partial charge in [-0.2, -0.15) is 0 Å². The van der Waals surface area contributed by atoms with Crippen molar-refractivity contribution < 1.29 is 111 Å². The first-order chi connectivity index (χ1) is 50.8. The van der Waals surface area contributed by atoms with E-state index in [-0.39, 0.29) is 175 Å². The van der Waals surface area contributed by atoms with Gasteiger partial charge in [-0.05, 0) is 83.4 Å². The number of rotatable bonds is 27. The van der Waals surface area contributed by atoms with Crippen molar-refractivity contribution in [1.29, 1.82) is 0 Å². The van der Waals surface area contributed by atoms with Crippen LogP contribution in [0.4, 0.5) is 0 Å². The average Bonchev–Trinajstić information content (AvgIpc) is 1.39. The maximum absolute atomic E-state index is 13.0. The zero-order valence-electron chi connectivity index (χ0n) is 71.2. The molecule has 0 aromatic rings. The molecule has 6 aliphatic heterocycles. The standard InChI is InChI=1S/3C20H33N5O6/c3*1-20(2,14-13-23(3)11-12-24(14)4)19(30)22-9-7-15(26)21-10-8-18(29)31-25-16(27)5-6-17(25)28/h3*14H,5-13H2,1-4H3,(H,21,26)(H,22,30)/i3D3,4D3,18+1,21+1;3+1D3,4D3,18+1;3+1D3,4+1D3. The van der Waals surface area contributed by atoms with E-state index in [1.54, 1.807) is 0 Å². The summed E-state index contributed by atoms with van der Waals surface area (Å²) >= 11 is 0. The second kappa shape index (κ2) is 36.2. The van der Waals surface area contributed by atoms with Crippen LogP contribution in [0.1, 0.15) is 143 Å². The fourth-order valence-corrected chi connectivity index (χ4v) is 9.80. The number of imide groups is 3. The van der Waals surface area contributed by atoms with Gasteiger partial charge in [0, 0.05) is 199 Å². The van der Waals surface area contributed by atoms with E-state index in [0.717, 1.165) is 14.7 Å². The Morgan fingerprint density at radius 3 is 0.796 bits per heavy atom. The van der Waals surface area contributed by atoms with Crippen molar-refractivity contribution >= 4 is 88.8 Å². The number of hydrogen-bond acceptors (Lipinski definition) is 24. The Kier molecular flexibility index (Phi) is 20.9. The lowest BCUT2D eigenvalue weighted by Gasteiger charge is -2.45. The molecule has 6 fully saturated rings. The van der Waals surface area contributed by atoms with E-state index >= 15 is 0 Å². The zero-order chi connectivity index (χ0) is 84.5. The zero-order valence-corrected chi connectivity index (χ0v) is 53.2. The Bertz CT molecular complexity index is 3020. The first kappa shape index (κ1) is 53.7. The molecule has 3 unspecified atom stereocenters. The summed E-state index contributed by atoms with van der Waals surface area (Å²) in [5.41, 5.74) is -3.91. The second-order valence-corrected chi connectivity index (χ2v) is 24.1. The monoisotopic (exact) mass is 1340 g/mol. The maximum Gasteiger partial charge on any atom is 0.334 e. The van der Waals surface area contributed by atoms with Crippen LogP contribution in [0.15, 0.2) is 0 Å². The van der Waals surface area contributed by atoms with Gasteiger partial charge in [0.1, 0.15) is 0 Å². The smallest absolute Gasteiger partial charge is 0.334 e. The van der Waals surface area contributed by atoms with Gasteiger partial charge in [0.15, 0.2) is 0 Å². The lowest BCUT2D eigenvalue weighted by atomic mass is 9.81. The van der Waals surface area contributed by atoms with Crippen LogP contribution < -0.4 is 31.9 Å². The average molecular weight is 1340 g/mol. The van der Waals surface area contributed by atoms with E-state index in [0.29, 0.717) is 15.2 Å². The molecule has 0 saturated carbocycles. The fraction of sp³-hybridized carbons (Fsp3) is 0.750. The molecule has 0 radical (unpaired) electrons. The van der Waals surface area contributed by atoms with Crippen LogP contribution in [-0.4, -0.2) is 292 Å². The number of amides is 12. The van der Waals surface area contributed by atoms with Crippen LogP contribution in [0, 0.1) is 16.2 Å². The molecule has 0 bridgehead atoms. The summed E-state index contributed by atoms with van der Waals surface area (Å²) in [5, 5.41) is 16.4. The summed E-state index contributed by atoms with van der Waals surface area (Å²) in [4.78, 5) is 200. The van der Waals surface area contributed by atoms with Crippen molar-refractivity contribution in [1.82, 2.24) is 76.5 Å². The minimum absolute atomic E-state index is 0.0153. The van der Waals surface area contributed by atoms with Crippen LogP contribution in [-0.2, 0) is 86.4 Å². The van der Waals surface area contributed by atoms with Gasteiger partial charge in [-0.1, -0.05) is 0 Å². The van der Waals surface area contributed by atoms with Gasteiger partial charge in [0.05, 0.1) is 35.5 Å². The van der Waals surface area contributed by atoms with Crippen molar-refractivity contribution in [3.8, 4) is 0 Å². The van der Waals surface area contributed by atoms with Crippen LogP contribution in [0.5, 0.6) is 0 Å². The van der Waals surface area contributed by atoms with E-state index in [9.17, 15) is 71.9 Å². The van der Waals surface area contributed by atoms with Crippen LogP contribution >= 0.6 is 0 Å². The topological polar surface area (TPSA) is 385 Å². The summed E-state index contributed by atoms with van der Waals surface area (Å²) in [6, 6.07) is -2.78. The minimum atomic E-state index is -2.53. The van der Waals surface area contributed by atoms with Gasteiger partial charge < -0.3 is 61.1 Å². The number of hydroxylamine groups is 6. The lowest BCUT2D eigenvalue weighted by molar-refractivity contribution is -0.197. The molecule has 3 atom stereocenters. The summed E-state index contributed by atoms with van der Waals surface area (Å²) < 4.78 is 139. The molecule has 6 rings (SSSR count). The van der Waals surface area contributed by atoms with E-state index in [4.69, 9.17) is 39.2 Å². The number of hydrogen-bond donors (Lipinski definition) is 6. The van der Waals surface area contributed by atoms with Crippen molar-refractivity contribution in [2.75, 3.05) is 140 Å². The van der Waals surface area contributed by atoms with Gasteiger partial charge >= 0.3 is 17.9 Å².